The van der Waals surface area contributed by atoms with Crippen LogP contribution in [-0.4, -0.2) is 19.1 Å². The van der Waals surface area contributed by atoms with Crippen LogP contribution >= 0.6 is 0 Å². The van der Waals surface area contributed by atoms with Crippen molar-refractivity contribution in [3.8, 4) is 0 Å². The number of aryl methyl sites for hydroxylation is 2. The van der Waals surface area contributed by atoms with Crippen molar-refractivity contribution in [1.29, 1.82) is 0 Å². The van der Waals surface area contributed by atoms with Gasteiger partial charge in [0.25, 0.3) is 0 Å². The topological polar surface area (TPSA) is 47.7 Å². The molecule has 0 saturated carbocycles. The molecule has 5 heteroatoms. The van der Waals surface area contributed by atoms with Gasteiger partial charge in [0.05, 0.1) is 22.1 Å². The first kappa shape index (κ1) is 13.8. The lowest BCUT2D eigenvalue weighted by molar-refractivity contribution is 0.703. The largest absolute Gasteiger partial charge is 0.313 e. The van der Waals surface area contributed by atoms with Crippen LogP contribution in [0.2, 0.25) is 0 Å². The zero-order chi connectivity index (χ0) is 15.8. The minimum absolute atomic E-state index is 0.804. The highest BCUT2D eigenvalue weighted by Crippen LogP contribution is 2.24. The van der Waals surface area contributed by atoms with Gasteiger partial charge in [-0.3, -0.25) is 5.32 Å². The first-order valence-corrected chi connectivity index (χ1v) is 7.91. The van der Waals surface area contributed by atoms with Crippen molar-refractivity contribution in [2.45, 2.75) is 19.9 Å². The van der Waals surface area contributed by atoms with E-state index in [0.717, 1.165) is 46.9 Å². The summed E-state index contributed by atoms with van der Waals surface area (Å²) < 4.78 is 4.28. The molecule has 2 aromatic heterocycles. The molecule has 0 saturated heterocycles. The van der Waals surface area contributed by atoms with Gasteiger partial charge in [-0.05, 0) is 30.7 Å². The third-order valence-electron chi connectivity index (χ3n) is 4.11. The minimum atomic E-state index is 0.804. The van der Waals surface area contributed by atoms with Crippen molar-refractivity contribution in [2.24, 2.45) is 7.05 Å². The van der Waals surface area contributed by atoms with E-state index in [-0.39, 0.29) is 0 Å². The van der Waals surface area contributed by atoms with Crippen molar-refractivity contribution < 1.29 is 0 Å². The number of hydrogen-bond donors (Lipinski definition) is 1. The molecule has 23 heavy (non-hydrogen) atoms. The van der Waals surface area contributed by atoms with Gasteiger partial charge < -0.3 is 9.13 Å². The molecule has 0 bridgehead atoms. The molecule has 4 aromatic rings. The fourth-order valence-electron chi connectivity index (χ4n) is 2.98. The third kappa shape index (κ3) is 2.25. The Kier molecular flexibility index (Phi) is 3.26. The standard InChI is InChI=1S/C18H19N5/c1-3-12-23-16-11-7-5-9-14(16)20-18(23)21-17-19-13-8-4-6-10-15(13)22(17)2/h4-11H,3,12H2,1-2H3,(H,19,20,21). The van der Waals surface area contributed by atoms with E-state index in [1.54, 1.807) is 0 Å². The molecule has 4 rings (SSSR count). The Morgan fingerprint density at radius 1 is 0.870 bits per heavy atom. The highest BCUT2D eigenvalue weighted by Gasteiger charge is 2.13. The van der Waals surface area contributed by atoms with E-state index in [0.29, 0.717) is 0 Å². The van der Waals surface area contributed by atoms with E-state index in [9.17, 15) is 0 Å². The van der Waals surface area contributed by atoms with Crippen LogP contribution in [0.15, 0.2) is 48.5 Å². The van der Waals surface area contributed by atoms with E-state index in [2.05, 4.69) is 44.6 Å². The Morgan fingerprint density at radius 2 is 1.48 bits per heavy atom. The second-order valence-electron chi connectivity index (χ2n) is 5.68. The maximum atomic E-state index is 4.74. The molecule has 0 amide bonds. The maximum absolute atomic E-state index is 4.74. The van der Waals surface area contributed by atoms with Crippen LogP contribution in [0.25, 0.3) is 22.1 Å². The summed E-state index contributed by atoms with van der Waals surface area (Å²) in [5.74, 6) is 1.64. The predicted octanol–water partition coefficient (Wildman–Crippen LogP) is 4.08. The van der Waals surface area contributed by atoms with E-state index >= 15 is 0 Å². The summed E-state index contributed by atoms with van der Waals surface area (Å²) in [6.07, 6.45) is 1.05. The summed E-state index contributed by atoms with van der Waals surface area (Å²) in [4.78, 5) is 9.41. The number of benzene rings is 2. The molecule has 116 valence electrons. The van der Waals surface area contributed by atoms with Crippen molar-refractivity contribution in [1.82, 2.24) is 19.1 Å². The molecule has 0 aliphatic heterocycles. The van der Waals surface area contributed by atoms with Crippen molar-refractivity contribution in [2.75, 3.05) is 5.32 Å². The first-order chi connectivity index (χ1) is 11.3. The van der Waals surface area contributed by atoms with Crippen molar-refractivity contribution in [3.05, 3.63) is 48.5 Å². The normalized spacial score (nSPS) is 11.4. The molecule has 0 aliphatic rings. The fourth-order valence-corrected chi connectivity index (χ4v) is 2.98. The number of imidazole rings is 2. The molecule has 0 spiro atoms. The molecule has 2 heterocycles. The van der Waals surface area contributed by atoms with Crippen LogP contribution in [0.3, 0.4) is 0 Å². The number of fused-ring (bicyclic) bond motifs is 2. The zero-order valence-corrected chi connectivity index (χ0v) is 13.3. The maximum Gasteiger partial charge on any atom is 0.210 e. The van der Waals surface area contributed by atoms with E-state index in [4.69, 9.17) is 4.98 Å². The Bertz CT molecular complexity index is 980. The molecular formula is C18H19N5. The molecule has 0 aliphatic carbocycles. The van der Waals surface area contributed by atoms with Crippen LogP contribution in [0.1, 0.15) is 13.3 Å². The second kappa shape index (κ2) is 5.43. The van der Waals surface area contributed by atoms with Gasteiger partial charge in [-0.1, -0.05) is 31.2 Å². The van der Waals surface area contributed by atoms with Crippen LogP contribution in [0.4, 0.5) is 11.9 Å². The molecule has 5 nitrogen and oxygen atoms in total. The Morgan fingerprint density at radius 3 is 2.17 bits per heavy atom. The zero-order valence-electron chi connectivity index (χ0n) is 13.3. The fraction of sp³-hybridized carbons (Fsp3) is 0.222. The molecule has 2 aromatic carbocycles. The second-order valence-corrected chi connectivity index (χ2v) is 5.68. The lowest BCUT2D eigenvalue weighted by Gasteiger charge is -2.09. The molecule has 0 atom stereocenters. The molecule has 0 unspecified atom stereocenters. The molecule has 1 N–H and O–H groups in total. The number of anilines is 2. The number of aromatic nitrogens is 4. The van der Waals surface area contributed by atoms with E-state index < -0.39 is 0 Å². The molecule has 0 fully saturated rings. The van der Waals surface area contributed by atoms with Gasteiger partial charge in [0.1, 0.15) is 0 Å². The predicted molar refractivity (Wildman–Crippen MR) is 94.0 cm³/mol. The summed E-state index contributed by atoms with van der Waals surface area (Å²) >= 11 is 0. The van der Waals surface area contributed by atoms with Crippen LogP contribution in [0, 0.1) is 0 Å². The molecule has 0 radical (unpaired) electrons. The van der Waals surface area contributed by atoms with Crippen LogP contribution in [0.5, 0.6) is 0 Å². The Balaban J connectivity index is 1.82. The highest BCUT2D eigenvalue weighted by atomic mass is 15.3. The number of para-hydroxylation sites is 4. The van der Waals surface area contributed by atoms with Gasteiger partial charge in [0, 0.05) is 13.6 Å². The summed E-state index contributed by atoms with van der Waals surface area (Å²) in [5, 5.41) is 3.41. The number of nitrogens with zero attached hydrogens (tertiary/aromatic N) is 4. The van der Waals surface area contributed by atoms with Crippen LogP contribution in [-0.2, 0) is 13.6 Å². The lowest BCUT2D eigenvalue weighted by Crippen LogP contribution is -2.06. The summed E-state index contributed by atoms with van der Waals surface area (Å²) in [6.45, 7) is 3.10. The molecular weight excluding hydrogens is 286 g/mol. The Labute approximate surface area is 134 Å². The summed E-state index contributed by atoms with van der Waals surface area (Å²) in [7, 11) is 2.02. The summed E-state index contributed by atoms with van der Waals surface area (Å²) in [5.41, 5.74) is 4.24. The monoisotopic (exact) mass is 305 g/mol. The van der Waals surface area contributed by atoms with Gasteiger partial charge >= 0.3 is 0 Å². The summed E-state index contributed by atoms with van der Waals surface area (Å²) in [6, 6.07) is 16.3. The van der Waals surface area contributed by atoms with E-state index in [1.807, 2.05) is 37.4 Å². The SMILES string of the molecule is CCCn1c(Nc2nc3ccccc3n2C)nc2ccccc21. The average molecular weight is 305 g/mol. The van der Waals surface area contributed by atoms with Gasteiger partial charge in [-0.25, -0.2) is 9.97 Å². The lowest BCUT2D eigenvalue weighted by atomic mass is 10.3. The third-order valence-corrected chi connectivity index (χ3v) is 4.11. The van der Waals surface area contributed by atoms with Gasteiger partial charge in [-0.2, -0.15) is 0 Å². The number of rotatable bonds is 4. The quantitative estimate of drug-likeness (QED) is 0.618. The van der Waals surface area contributed by atoms with Crippen molar-refractivity contribution >= 4 is 34.0 Å². The van der Waals surface area contributed by atoms with Crippen LogP contribution < -0.4 is 5.32 Å². The number of hydrogen-bond acceptors (Lipinski definition) is 3. The van der Waals surface area contributed by atoms with Gasteiger partial charge in [0.2, 0.25) is 11.9 Å². The van der Waals surface area contributed by atoms with Gasteiger partial charge in [-0.15, -0.1) is 0 Å². The number of nitrogens with one attached hydrogen (secondary N) is 1. The van der Waals surface area contributed by atoms with Crippen molar-refractivity contribution in [3.63, 3.8) is 0 Å². The minimum Gasteiger partial charge on any atom is -0.313 e. The average Bonchev–Trinajstić information content (AvgIpc) is 3.08. The first-order valence-electron chi connectivity index (χ1n) is 7.91. The highest BCUT2D eigenvalue weighted by molar-refractivity contribution is 5.81. The van der Waals surface area contributed by atoms with E-state index in [1.165, 1.54) is 0 Å². The smallest absolute Gasteiger partial charge is 0.210 e. The Hall–Kier alpha value is -2.82. The van der Waals surface area contributed by atoms with Gasteiger partial charge in [0.15, 0.2) is 0 Å².